The van der Waals surface area contributed by atoms with Crippen molar-refractivity contribution in [2.45, 2.75) is 19.0 Å². The lowest BCUT2D eigenvalue weighted by molar-refractivity contribution is -0.138. The number of phenolic OH excluding ortho intramolecular Hbond substituents is 1. The Kier molecular flexibility index (Phi) is 3.71. The number of aromatic hydroxyl groups is 1. The molecule has 0 amide bonds. The maximum Gasteiger partial charge on any atom is 0.416 e. The van der Waals surface area contributed by atoms with Crippen molar-refractivity contribution in [2.24, 2.45) is 0 Å². The second kappa shape index (κ2) is 4.56. The van der Waals surface area contributed by atoms with E-state index in [1.807, 2.05) is 0 Å². The van der Waals surface area contributed by atoms with Crippen molar-refractivity contribution in [1.29, 1.82) is 0 Å². The molecule has 3 nitrogen and oxygen atoms in total. The van der Waals surface area contributed by atoms with Crippen LogP contribution in [0.5, 0.6) is 5.75 Å². The highest BCUT2D eigenvalue weighted by atomic mass is 79.9. The zero-order valence-corrected chi connectivity index (χ0v) is 10.1. The van der Waals surface area contributed by atoms with Crippen LogP contribution >= 0.6 is 15.9 Å². The highest BCUT2D eigenvalue weighted by Crippen LogP contribution is 2.39. The van der Waals surface area contributed by atoms with Gasteiger partial charge >= 0.3 is 12.1 Å². The van der Waals surface area contributed by atoms with Crippen molar-refractivity contribution >= 4 is 21.9 Å². The van der Waals surface area contributed by atoms with Crippen LogP contribution in [0.1, 0.15) is 24.0 Å². The van der Waals surface area contributed by atoms with Crippen molar-refractivity contribution < 1.29 is 28.2 Å². The van der Waals surface area contributed by atoms with Crippen LogP contribution in [0.25, 0.3) is 0 Å². The summed E-state index contributed by atoms with van der Waals surface area (Å²) in [5.41, 5.74) is -1.12. The molecule has 0 aliphatic heterocycles. The van der Waals surface area contributed by atoms with Crippen LogP contribution in [0.15, 0.2) is 16.6 Å². The van der Waals surface area contributed by atoms with Gasteiger partial charge in [0, 0.05) is 10.0 Å². The van der Waals surface area contributed by atoms with Crippen LogP contribution in [0.2, 0.25) is 0 Å². The highest BCUT2D eigenvalue weighted by molar-refractivity contribution is 9.10. The van der Waals surface area contributed by atoms with Crippen LogP contribution in [0.4, 0.5) is 13.2 Å². The molecule has 1 unspecified atom stereocenters. The average Bonchev–Trinajstić information content (AvgIpc) is 2.14. The van der Waals surface area contributed by atoms with E-state index >= 15 is 0 Å². The van der Waals surface area contributed by atoms with Crippen LogP contribution in [0.3, 0.4) is 0 Å². The normalized spacial score (nSPS) is 13.5. The summed E-state index contributed by atoms with van der Waals surface area (Å²) in [6.07, 6.45) is -4.59. The van der Waals surface area contributed by atoms with Crippen LogP contribution < -0.4 is 0 Å². The van der Waals surface area contributed by atoms with Crippen LogP contribution in [0, 0.1) is 0 Å². The molecule has 0 radical (unpaired) electrons. The molecule has 1 aromatic rings. The van der Waals surface area contributed by atoms with Gasteiger partial charge in [-0.25, -0.2) is 0 Å². The summed E-state index contributed by atoms with van der Waals surface area (Å²) < 4.78 is 37.1. The minimum Gasteiger partial charge on any atom is -0.508 e. The maximum atomic E-state index is 12.4. The molecule has 1 atom stereocenters. The lowest BCUT2D eigenvalue weighted by Gasteiger charge is -2.14. The van der Waals surface area contributed by atoms with Gasteiger partial charge in [0.25, 0.3) is 0 Å². The first-order valence-corrected chi connectivity index (χ1v) is 5.26. The molecule has 0 aliphatic carbocycles. The van der Waals surface area contributed by atoms with E-state index in [-0.39, 0.29) is 10.0 Å². The van der Waals surface area contributed by atoms with E-state index < -0.39 is 29.4 Å². The number of phenols is 1. The predicted molar refractivity (Wildman–Crippen MR) is 56.9 cm³/mol. The fourth-order valence-electron chi connectivity index (χ4n) is 1.32. The molecule has 0 saturated heterocycles. The van der Waals surface area contributed by atoms with E-state index in [2.05, 4.69) is 15.9 Å². The summed E-state index contributed by atoms with van der Waals surface area (Å²) >= 11 is 2.84. The van der Waals surface area contributed by atoms with Gasteiger partial charge in [0.1, 0.15) is 5.75 Å². The Balaban J connectivity index is 3.34. The largest absolute Gasteiger partial charge is 0.508 e. The topological polar surface area (TPSA) is 57.5 Å². The van der Waals surface area contributed by atoms with Gasteiger partial charge in [0.05, 0.1) is 11.5 Å². The summed E-state index contributed by atoms with van der Waals surface area (Å²) in [6.45, 7) is 1.27. The summed E-state index contributed by atoms with van der Waals surface area (Å²) in [7, 11) is 0. The number of halogens is 4. The average molecular weight is 313 g/mol. The molecule has 7 heteroatoms. The number of alkyl halides is 3. The van der Waals surface area contributed by atoms with E-state index in [1.165, 1.54) is 6.92 Å². The van der Waals surface area contributed by atoms with E-state index in [4.69, 9.17) is 5.11 Å². The fraction of sp³-hybridized carbons (Fsp3) is 0.300. The van der Waals surface area contributed by atoms with Gasteiger partial charge in [-0.15, -0.1) is 0 Å². The summed E-state index contributed by atoms with van der Waals surface area (Å²) in [5.74, 6) is -3.03. The zero-order chi connectivity index (χ0) is 13.4. The molecule has 0 saturated carbocycles. The van der Waals surface area contributed by atoms with Crippen LogP contribution in [-0.4, -0.2) is 16.2 Å². The molecular weight excluding hydrogens is 305 g/mol. The fourth-order valence-corrected chi connectivity index (χ4v) is 2.11. The van der Waals surface area contributed by atoms with Crippen molar-refractivity contribution in [3.8, 4) is 5.75 Å². The minimum absolute atomic E-state index is 0.0782. The first-order valence-electron chi connectivity index (χ1n) is 4.47. The van der Waals surface area contributed by atoms with Crippen molar-refractivity contribution in [1.82, 2.24) is 0 Å². The highest BCUT2D eigenvalue weighted by Gasteiger charge is 2.33. The third kappa shape index (κ3) is 2.91. The Morgan fingerprint density at radius 2 is 1.94 bits per heavy atom. The molecule has 1 rings (SSSR count). The monoisotopic (exact) mass is 312 g/mol. The molecular formula is C10H8BrF3O3. The second-order valence-electron chi connectivity index (χ2n) is 3.45. The zero-order valence-electron chi connectivity index (χ0n) is 8.55. The van der Waals surface area contributed by atoms with Gasteiger partial charge in [-0.1, -0.05) is 15.9 Å². The molecule has 2 N–H and O–H groups in total. The lowest BCUT2D eigenvalue weighted by atomic mass is 9.98. The number of rotatable bonds is 2. The molecule has 0 aromatic heterocycles. The molecule has 0 spiro atoms. The Morgan fingerprint density at radius 1 is 1.41 bits per heavy atom. The van der Waals surface area contributed by atoms with Crippen LogP contribution in [-0.2, 0) is 11.0 Å². The number of carboxylic acids is 1. The number of carbonyl (C=O) groups is 1. The summed E-state index contributed by atoms with van der Waals surface area (Å²) in [6, 6.07) is 1.26. The van der Waals surface area contributed by atoms with E-state index in [0.29, 0.717) is 6.07 Å². The number of hydrogen-bond acceptors (Lipinski definition) is 2. The molecule has 94 valence electrons. The quantitative estimate of drug-likeness (QED) is 0.880. The SMILES string of the molecule is CC(C(=O)O)c1c(O)cc(C(F)(F)F)cc1Br. The first kappa shape index (κ1) is 13.8. The lowest BCUT2D eigenvalue weighted by Crippen LogP contribution is -2.10. The molecule has 1 aromatic carbocycles. The summed E-state index contributed by atoms with van der Waals surface area (Å²) in [4.78, 5) is 10.7. The van der Waals surface area contributed by atoms with E-state index in [1.54, 1.807) is 0 Å². The van der Waals surface area contributed by atoms with Crippen molar-refractivity contribution in [3.05, 3.63) is 27.7 Å². The predicted octanol–water partition coefficient (Wildman–Crippen LogP) is 3.36. The molecule has 0 heterocycles. The van der Waals surface area contributed by atoms with Gasteiger partial charge < -0.3 is 10.2 Å². The van der Waals surface area contributed by atoms with Crippen molar-refractivity contribution in [2.75, 3.05) is 0 Å². The molecule has 17 heavy (non-hydrogen) atoms. The maximum absolute atomic E-state index is 12.4. The molecule has 0 aliphatic rings. The third-order valence-electron chi connectivity index (χ3n) is 2.24. The number of benzene rings is 1. The van der Waals surface area contributed by atoms with Gasteiger partial charge in [-0.05, 0) is 19.1 Å². The van der Waals surface area contributed by atoms with Gasteiger partial charge in [0.15, 0.2) is 0 Å². The van der Waals surface area contributed by atoms with Gasteiger partial charge in [-0.3, -0.25) is 4.79 Å². The van der Waals surface area contributed by atoms with Gasteiger partial charge in [0.2, 0.25) is 0 Å². The summed E-state index contributed by atoms with van der Waals surface area (Å²) in [5, 5.41) is 18.2. The minimum atomic E-state index is -4.59. The molecule has 0 fully saturated rings. The number of aliphatic carboxylic acids is 1. The Labute approximate surface area is 103 Å². The standard InChI is InChI=1S/C10H8BrF3O3/c1-4(9(16)17)8-6(11)2-5(3-7(8)15)10(12,13)14/h2-4,15H,1H3,(H,16,17). The second-order valence-corrected chi connectivity index (χ2v) is 4.30. The van der Waals surface area contributed by atoms with Gasteiger partial charge in [-0.2, -0.15) is 13.2 Å². The van der Waals surface area contributed by atoms with E-state index in [9.17, 15) is 23.1 Å². The number of hydrogen-bond donors (Lipinski definition) is 2. The smallest absolute Gasteiger partial charge is 0.416 e. The third-order valence-corrected chi connectivity index (χ3v) is 2.89. The van der Waals surface area contributed by atoms with E-state index in [0.717, 1.165) is 6.07 Å². The number of carboxylic acid groups (broad SMARTS) is 1. The Morgan fingerprint density at radius 3 is 2.29 bits per heavy atom. The Bertz CT molecular complexity index is 434. The van der Waals surface area contributed by atoms with Crippen molar-refractivity contribution in [3.63, 3.8) is 0 Å². The first-order chi connectivity index (χ1) is 7.64. The molecule has 0 bridgehead atoms. The Hall–Kier alpha value is -1.24.